The fourth-order valence-corrected chi connectivity index (χ4v) is 4.42. The highest BCUT2D eigenvalue weighted by molar-refractivity contribution is 6.24. The second kappa shape index (κ2) is 12.3. The van der Waals surface area contributed by atoms with Crippen LogP contribution in [0.3, 0.4) is 0 Å². The molecule has 0 amide bonds. The molecule has 0 aliphatic rings. The normalized spacial score (nSPS) is 14.3. The number of alkyl halides is 4. The van der Waals surface area contributed by atoms with Crippen LogP contribution in [0.2, 0.25) is 0 Å². The van der Waals surface area contributed by atoms with Crippen LogP contribution < -0.4 is 4.74 Å². The van der Waals surface area contributed by atoms with E-state index in [2.05, 4.69) is 0 Å². The van der Waals surface area contributed by atoms with Crippen molar-refractivity contribution in [3.05, 3.63) is 102 Å². The first-order chi connectivity index (χ1) is 17.1. The molecule has 4 nitrogen and oxygen atoms in total. The molecule has 0 saturated carbocycles. The summed E-state index contributed by atoms with van der Waals surface area (Å²) in [7, 11) is 0. The van der Waals surface area contributed by atoms with Crippen molar-refractivity contribution in [3.63, 3.8) is 0 Å². The van der Waals surface area contributed by atoms with Crippen molar-refractivity contribution in [3.8, 4) is 5.75 Å². The maximum atomic E-state index is 14.6. The Hall–Kier alpha value is -3.03. The van der Waals surface area contributed by atoms with Crippen LogP contribution in [0.25, 0.3) is 0 Å². The minimum Gasteiger partial charge on any atom is -0.494 e. The summed E-state index contributed by atoms with van der Waals surface area (Å²) < 4.78 is 49.4. The molecule has 192 valence electrons. The molecule has 36 heavy (non-hydrogen) atoms. The maximum Gasteiger partial charge on any atom is 0.425 e. The third-order valence-corrected chi connectivity index (χ3v) is 6.60. The Labute approximate surface area is 214 Å². The number of nitrogens with zero attached hydrogens (tertiary/aromatic N) is 1. The van der Waals surface area contributed by atoms with Crippen molar-refractivity contribution in [1.82, 2.24) is 4.90 Å². The lowest BCUT2D eigenvalue weighted by Crippen LogP contribution is -2.53. The zero-order chi connectivity index (χ0) is 26.2. The summed E-state index contributed by atoms with van der Waals surface area (Å²) in [6.45, 7) is 2.14. The molecule has 1 N–H and O–H groups in total. The van der Waals surface area contributed by atoms with E-state index in [4.69, 9.17) is 21.4 Å². The van der Waals surface area contributed by atoms with Gasteiger partial charge in [-0.15, -0.1) is 0 Å². The molecule has 0 radical (unpaired) electrons. The third kappa shape index (κ3) is 7.02. The summed E-state index contributed by atoms with van der Waals surface area (Å²) in [5, 5.41) is 8.97. The van der Waals surface area contributed by atoms with Gasteiger partial charge in [0.25, 0.3) is 0 Å². The van der Waals surface area contributed by atoms with E-state index in [9.17, 15) is 18.0 Å². The Balaban J connectivity index is 1.79. The molecular formula is C28H29ClF3NO3. The number of hydrogen-bond acceptors (Lipinski definition) is 3. The van der Waals surface area contributed by atoms with Gasteiger partial charge in [0, 0.05) is 13.1 Å². The second-order valence-electron chi connectivity index (χ2n) is 8.66. The van der Waals surface area contributed by atoms with Gasteiger partial charge in [-0.1, -0.05) is 91.3 Å². The molecule has 0 aromatic heterocycles. The van der Waals surface area contributed by atoms with Crippen molar-refractivity contribution < 1.29 is 27.8 Å². The summed E-state index contributed by atoms with van der Waals surface area (Å²) in [5.74, 6) is -0.695. The van der Waals surface area contributed by atoms with Crippen LogP contribution >= 0.6 is 11.6 Å². The van der Waals surface area contributed by atoms with Gasteiger partial charge < -0.3 is 9.84 Å². The summed E-state index contributed by atoms with van der Waals surface area (Å²) in [6, 6.07) is 23.6. The molecule has 0 spiro atoms. The number of ether oxygens (including phenoxy) is 1. The molecule has 2 unspecified atom stereocenters. The number of rotatable bonds is 12. The van der Waals surface area contributed by atoms with Crippen LogP contribution in [0, 0.1) is 0 Å². The summed E-state index contributed by atoms with van der Waals surface area (Å²) in [4.78, 5) is 9.51. The predicted molar refractivity (Wildman–Crippen MR) is 134 cm³/mol. The van der Waals surface area contributed by atoms with Gasteiger partial charge in [0.2, 0.25) is 5.00 Å². The van der Waals surface area contributed by atoms with Gasteiger partial charge in [0.05, 0.1) is 13.0 Å². The van der Waals surface area contributed by atoms with Crippen LogP contribution in [0.5, 0.6) is 5.75 Å². The highest BCUT2D eigenvalue weighted by Crippen LogP contribution is 2.48. The van der Waals surface area contributed by atoms with E-state index in [1.807, 2.05) is 37.3 Å². The van der Waals surface area contributed by atoms with E-state index in [0.29, 0.717) is 11.3 Å². The Morgan fingerprint density at radius 1 is 1.00 bits per heavy atom. The van der Waals surface area contributed by atoms with E-state index in [-0.39, 0.29) is 44.0 Å². The van der Waals surface area contributed by atoms with E-state index in [0.717, 1.165) is 5.56 Å². The second-order valence-corrected chi connectivity index (χ2v) is 9.21. The van der Waals surface area contributed by atoms with Gasteiger partial charge in [-0.2, -0.15) is 13.2 Å². The maximum absolute atomic E-state index is 14.6. The van der Waals surface area contributed by atoms with Crippen molar-refractivity contribution in [2.45, 2.75) is 36.9 Å². The zero-order valence-corrected chi connectivity index (χ0v) is 20.7. The molecule has 3 aromatic rings. The predicted octanol–water partition coefficient (Wildman–Crippen LogP) is 6.84. The molecule has 0 aliphatic carbocycles. The smallest absolute Gasteiger partial charge is 0.425 e. The minimum absolute atomic E-state index is 0.0316. The van der Waals surface area contributed by atoms with E-state index >= 15 is 0 Å². The first kappa shape index (κ1) is 27.6. The topological polar surface area (TPSA) is 49.8 Å². The molecular weight excluding hydrogens is 491 g/mol. The molecule has 3 rings (SSSR count). The largest absolute Gasteiger partial charge is 0.494 e. The van der Waals surface area contributed by atoms with Crippen LogP contribution in [0.1, 0.15) is 36.0 Å². The van der Waals surface area contributed by atoms with Crippen LogP contribution in [0.4, 0.5) is 13.2 Å². The molecule has 0 heterocycles. The number of benzene rings is 3. The lowest BCUT2D eigenvalue weighted by atomic mass is 9.97. The lowest BCUT2D eigenvalue weighted by molar-refractivity contribution is -0.206. The molecule has 0 aliphatic heterocycles. The van der Waals surface area contributed by atoms with E-state index in [1.54, 1.807) is 42.5 Å². The van der Waals surface area contributed by atoms with Crippen LogP contribution in [-0.2, 0) is 16.2 Å². The number of carboxylic acid groups (broad SMARTS) is 1. The first-order valence-corrected chi connectivity index (χ1v) is 12.0. The van der Waals surface area contributed by atoms with Gasteiger partial charge in [-0.25, -0.2) is 0 Å². The number of hydrogen-bond donors (Lipinski definition) is 1. The van der Waals surface area contributed by atoms with Crippen molar-refractivity contribution >= 4 is 17.6 Å². The lowest BCUT2D eigenvalue weighted by Gasteiger charge is -2.42. The Morgan fingerprint density at radius 2 is 1.64 bits per heavy atom. The van der Waals surface area contributed by atoms with Gasteiger partial charge in [0.1, 0.15) is 5.75 Å². The number of aliphatic carboxylic acids is 1. The summed E-state index contributed by atoms with van der Waals surface area (Å²) in [5.41, 5.74) is 1.46. The highest BCUT2D eigenvalue weighted by atomic mass is 35.5. The third-order valence-electron chi connectivity index (χ3n) is 5.93. The van der Waals surface area contributed by atoms with E-state index < -0.39 is 17.1 Å². The molecule has 0 fully saturated rings. The number of carbonyl (C=O) groups is 1. The monoisotopic (exact) mass is 519 g/mol. The van der Waals surface area contributed by atoms with E-state index in [1.165, 1.54) is 17.0 Å². The van der Waals surface area contributed by atoms with Crippen molar-refractivity contribution in [2.24, 2.45) is 0 Å². The Morgan fingerprint density at radius 3 is 2.25 bits per heavy atom. The Bertz CT molecular complexity index is 1110. The fraction of sp³-hybridized carbons (Fsp3) is 0.321. The molecule has 0 bridgehead atoms. The molecule has 2 atom stereocenters. The Kier molecular flexibility index (Phi) is 9.40. The zero-order valence-electron chi connectivity index (χ0n) is 19.9. The van der Waals surface area contributed by atoms with Gasteiger partial charge >= 0.3 is 12.1 Å². The van der Waals surface area contributed by atoms with Gasteiger partial charge in [-0.05, 0) is 41.2 Å². The van der Waals surface area contributed by atoms with Crippen LogP contribution in [-0.4, -0.2) is 41.8 Å². The molecule has 8 heteroatoms. The highest BCUT2D eigenvalue weighted by Gasteiger charge is 2.58. The van der Waals surface area contributed by atoms with Crippen molar-refractivity contribution in [1.29, 1.82) is 0 Å². The van der Waals surface area contributed by atoms with Gasteiger partial charge in [-0.3, -0.25) is 9.69 Å². The van der Waals surface area contributed by atoms with Crippen LogP contribution in [0.15, 0.2) is 84.9 Å². The first-order valence-electron chi connectivity index (χ1n) is 11.7. The average Bonchev–Trinajstić information content (AvgIpc) is 2.85. The SMILES string of the molecule is CC(CN(CCCOc1cccc(CC(=O)O)c1)C(Cl)(c1ccccc1)C(F)(F)F)c1ccccc1. The summed E-state index contributed by atoms with van der Waals surface area (Å²) >= 11 is 6.51. The van der Waals surface area contributed by atoms with Crippen molar-refractivity contribution in [2.75, 3.05) is 19.7 Å². The average molecular weight is 520 g/mol. The fourth-order valence-electron chi connectivity index (χ4n) is 4.14. The quantitative estimate of drug-likeness (QED) is 0.162. The standard InChI is InChI=1S/C28H29ClF3NO3/c1-21(23-11-4-2-5-12-23)20-33(27(29,28(30,31)32)24-13-6-3-7-14-24)16-9-17-36-25-15-8-10-22(18-25)19-26(34)35/h2-8,10-15,18,21H,9,16-17,19-20H2,1H3,(H,34,35). The molecule has 3 aromatic carbocycles. The number of halogens is 4. The summed E-state index contributed by atoms with van der Waals surface area (Å²) in [6.07, 6.45) is -4.60. The number of carboxylic acids is 1. The van der Waals surface area contributed by atoms with Gasteiger partial charge in [0.15, 0.2) is 0 Å². The minimum atomic E-state index is -4.74. The molecule has 0 saturated heterocycles.